The molecule has 0 atom stereocenters. The van der Waals surface area contributed by atoms with Gasteiger partial charge in [-0.05, 0) is 87.1 Å². The van der Waals surface area contributed by atoms with Gasteiger partial charge in [0.1, 0.15) is 11.2 Å². The standard InChI is InChI=1S/C46H31NO/c1-3-10-32(11-4-1)34-18-25-38(26-19-34)47(39-27-20-35(21-28-39)33-12-5-2-6-13-33)40-29-22-37(23-30-40)41-16-9-17-44-45(41)43-31-24-36-14-7-8-15-42(36)46(43)48-44/h1-31H/i1D,2D,3D,4D,5D,6D,7D,8D,9D,10D,11D,12D,13D,14D,15D,16D,17D,18D,19D,20D,21D,22D,23D,24D,25D,26D,27D,29D,30D,31D. The van der Waals surface area contributed by atoms with Crippen molar-refractivity contribution in [1.29, 1.82) is 0 Å². The molecule has 1 heterocycles. The van der Waals surface area contributed by atoms with Crippen molar-refractivity contribution in [3.8, 4) is 33.4 Å². The van der Waals surface area contributed by atoms with Crippen LogP contribution < -0.4 is 4.90 Å². The van der Waals surface area contributed by atoms with Gasteiger partial charge in [-0.2, -0.15) is 0 Å². The van der Waals surface area contributed by atoms with E-state index in [-0.39, 0.29) is 0 Å². The highest BCUT2D eigenvalue weighted by Crippen LogP contribution is 2.41. The van der Waals surface area contributed by atoms with E-state index in [4.69, 9.17) is 30.5 Å². The fourth-order valence-corrected chi connectivity index (χ4v) is 4.94. The van der Waals surface area contributed by atoms with Crippen molar-refractivity contribution < 1.29 is 45.5 Å². The predicted molar refractivity (Wildman–Crippen MR) is 202 cm³/mol. The van der Waals surface area contributed by atoms with E-state index >= 15 is 0 Å². The van der Waals surface area contributed by atoms with Gasteiger partial charge in [0.2, 0.25) is 0 Å². The van der Waals surface area contributed by atoms with Crippen LogP contribution in [0.3, 0.4) is 0 Å². The summed E-state index contributed by atoms with van der Waals surface area (Å²) in [5.74, 6) is 0. The zero-order valence-corrected chi connectivity index (χ0v) is 23.9. The highest BCUT2D eigenvalue weighted by atomic mass is 16.3. The molecule has 0 unspecified atom stereocenters. The molecule has 0 N–H and O–H groups in total. The Morgan fingerprint density at radius 1 is 0.396 bits per heavy atom. The lowest BCUT2D eigenvalue weighted by molar-refractivity contribution is 0.673. The first-order valence-electron chi connectivity index (χ1n) is 28.9. The van der Waals surface area contributed by atoms with Crippen molar-refractivity contribution in [2.24, 2.45) is 0 Å². The molecule has 0 fully saturated rings. The Bertz CT molecular complexity index is 4160. The van der Waals surface area contributed by atoms with Crippen LogP contribution in [0.1, 0.15) is 41.1 Å². The van der Waals surface area contributed by atoms with E-state index in [2.05, 4.69) is 0 Å². The predicted octanol–water partition coefficient (Wildman–Crippen LogP) is 13.2. The van der Waals surface area contributed by atoms with Crippen LogP contribution in [0.15, 0.2) is 192 Å². The van der Waals surface area contributed by atoms with Gasteiger partial charge in [0, 0.05) is 33.2 Å². The SMILES string of the molecule is [2H]c1cc(N(c2c([2H])c([2H])c(-c3c([2H])c([2H])c([2H])c([2H])c3[2H])c([2H])c2[2H])c2c([2H])c([2H])c(-c3c([2H])c([2H])c([2H])c4oc5c6c([2H])c([2H])c([2H])c([2H])c6c([2H])c([2H])c5c34)c([2H])c2[2H])c([2H])c([2H])c1-c1c([2H])c([2H])c([2H])c([2H])c1[2H]. The lowest BCUT2D eigenvalue weighted by Gasteiger charge is -2.26. The summed E-state index contributed by atoms with van der Waals surface area (Å²) < 4.78 is 271. The number of anilines is 3. The average molecular weight is 644 g/mol. The molecule has 0 radical (unpaired) electrons. The Balaban J connectivity index is 1.44. The topological polar surface area (TPSA) is 16.4 Å². The Kier molecular flexibility index (Phi) is 2.66. The molecule has 1 aromatic heterocycles. The largest absolute Gasteiger partial charge is 0.455 e. The highest BCUT2D eigenvalue weighted by molar-refractivity contribution is 6.19. The molecule has 48 heavy (non-hydrogen) atoms. The molecule has 0 saturated heterocycles. The van der Waals surface area contributed by atoms with Crippen molar-refractivity contribution in [3.05, 3.63) is 187 Å². The molecule has 0 saturated carbocycles. The number of rotatable bonds is 6. The highest BCUT2D eigenvalue weighted by Gasteiger charge is 2.17. The molecule has 226 valence electrons. The molecule has 0 aliphatic heterocycles. The fourth-order valence-electron chi connectivity index (χ4n) is 4.94. The van der Waals surface area contributed by atoms with Crippen LogP contribution in [-0.2, 0) is 0 Å². The average Bonchev–Trinajstić information content (AvgIpc) is 3.81. The molecular weight excluding hydrogens is 583 g/mol. The summed E-state index contributed by atoms with van der Waals surface area (Å²) in [6, 6.07) is -28.3. The lowest BCUT2D eigenvalue weighted by Crippen LogP contribution is -2.09. The maximum Gasteiger partial charge on any atom is 0.143 e. The van der Waals surface area contributed by atoms with Gasteiger partial charge in [0.15, 0.2) is 0 Å². The minimum Gasteiger partial charge on any atom is -0.455 e. The molecule has 0 amide bonds. The maximum atomic E-state index is 9.62. The van der Waals surface area contributed by atoms with E-state index in [1.54, 1.807) is 0 Å². The summed E-state index contributed by atoms with van der Waals surface area (Å²) in [6.45, 7) is 0. The number of benzene rings is 8. The molecule has 9 rings (SSSR count). The smallest absolute Gasteiger partial charge is 0.143 e. The van der Waals surface area contributed by atoms with Crippen LogP contribution in [-0.4, -0.2) is 0 Å². The summed E-state index contributed by atoms with van der Waals surface area (Å²) >= 11 is 0. The molecule has 9 aromatic rings. The number of hydrogen-bond donors (Lipinski definition) is 0. The van der Waals surface area contributed by atoms with Gasteiger partial charge in [-0.3, -0.25) is 0 Å². The fraction of sp³-hybridized carbons (Fsp3) is 0. The van der Waals surface area contributed by atoms with Crippen molar-refractivity contribution in [3.63, 3.8) is 0 Å². The number of nitrogens with zero attached hydrogens (tertiary/aromatic N) is 1. The summed E-state index contributed by atoms with van der Waals surface area (Å²) in [4.78, 5) is 0.433. The Morgan fingerprint density at radius 2 is 0.958 bits per heavy atom. The number of furan rings is 1. The first-order chi connectivity index (χ1) is 36.3. The van der Waals surface area contributed by atoms with Gasteiger partial charge in [0.25, 0.3) is 0 Å². The normalized spacial score (nSPS) is 20.1. The van der Waals surface area contributed by atoms with Crippen LogP contribution in [0.2, 0.25) is 0 Å². The molecule has 0 spiro atoms. The lowest BCUT2D eigenvalue weighted by atomic mass is 9.98. The summed E-state index contributed by atoms with van der Waals surface area (Å²) in [6.07, 6.45) is 0. The van der Waals surface area contributed by atoms with Crippen LogP contribution in [0.4, 0.5) is 17.1 Å². The second-order valence-corrected chi connectivity index (χ2v) is 9.84. The van der Waals surface area contributed by atoms with Gasteiger partial charge < -0.3 is 9.32 Å². The van der Waals surface area contributed by atoms with Crippen LogP contribution in [0.25, 0.3) is 66.1 Å². The minimum absolute atomic E-state index is 0.433. The third-order valence-corrected chi connectivity index (χ3v) is 7.08. The Morgan fingerprint density at radius 3 is 1.65 bits per heavy atom. The van der Waals surface area contributed by atoms with E-state index < -0.39 is 264 Å². The van der Waals surface area contributed by atoms with Gasteiger partial charge in [0.05, 0.1) is 41.1 Å². The molecule has 8 aromatic carbocycles. The molecule has 0 aliphatic carbocycles. The molecule has 0 aliphatic rings. The van der Waals surface area contributed by atoms with E-state index in [0.29, 0.717) is 11.0 Å². The summed E-state index contributed by atoms with van der Waals surface area (Å²) in [7, 11) is 0. The van der Waals surface area contributed by atoms with Crippen molar-refractivity contribution >= 4 is 49.8 Å². The first kappa shape index (κ1) is 10.8. The second-order valence-electron chi connectivity index (χ2n) is 9.84. The molecule has 2 heteroatoms. The monoisotopic (exact) mass is 643 g/mol. The van der Waals surface area contributed by atoms with Gasteiger partial charge in [-0.1, -0.05) is 139 Å². The van der Waals surface area contributed by atoms with Gasteiger partial charge in [-0.25, -0.2) is 0 Å². The van der Waals surface area contributed by atoms with Crippen LogP contribution in [0, 0.1) is 0 Å². The number of hydrogen-bond acceptors (Lipinski definition) is 2. The third-order valence-electron chi connectivity index (χ3n) is 7.08. The van der Waals surface area contributed by atoms with Crippen molar-refractivity contribution in [2.45, 2.75) is 0 Å². The van der Waals surface area contributed by atoms with Gasteiger partial charge in [-0.15, -0.1) is 0 Å². The summed E-state index contributed by atoms with van der Waals surface area (Å²) in [5.41, 5.74) is -8.92. The summed E-state index contributed by atoms with van der Waals surface area (Å²) in [5, 5.41) is -1.97. The van der Waals surface area contributed by atoms with Crippen molar-refractivity contribution in [2.75, 3.05) is 4.90 Å². The van der Waals surface area contributed by atoms with E-state index in [1.165, 1.54) is 0 Å². The maximum absolute atomic E-state index is 9.62. The molecular formula is C46H31NO. The van der Waals surface area contributed by atoms with Crippen LogP contribution >= 0.6 is 0 Å². The van der Waals surface area contributed by atoms with Crippen LogP contribution in [0.5, 0.6) is 0 Å². The minimum atomic E-state index is -1.22. The zero-order chi connectivity index (χ0) is 58.0. The Labute approximate surface area is 321 Å². The molecule has 0 bridgehead atoms. The quantitative estimate of drug-likeness (QED) is 0.179. The van der Waals surface area contributed by atoms with Gasteiger partial charge >= 0.3 is 0 Å². The second kappa shape index (κ2) is 11.8. The van der Waals surface area contributed by atoms with E-state index in [0.717, 1.165) is 0 Å². The van der Waals surface area contributed by atoms with Crippen molar-refractivity contribution in [1.82, 2.24) is 0 Å². The van der Waals surface area contributed by atoms with E-state index in [1.807, 2.05) is 0 Å². The molecule has 2 nitrogen and oxygen atoms in total. The first-order valence-corrected chi connectivity index (χ1v) is 13.9. The Hall–Kier alpha value is -6.38. The van der Waals surface area contributed by atoms with E-state index in [9.17, 15) is 15.1 Å². The number of fused-ring (bicyclic) bond motifs is 5. The zero-order valence-electron chi connectivity index (χ0n) is 53.9. The third kappa shape index (κ3) is 4.92.